The lowest BCUT2D eigenvalue weighted by Crippen LogP contribution is -2.05. The van der Waals surface area contributed by atoms with Crippen LogP contribution in [-0.4, -0.2) is 9.91 Å². The first-order chi connectivity index (χ1) is 6.11. The second-order valence-electron chi connectivity index (χ2n) is 1.79. The zero-order valence-electron chi connectivity index (χ0n) is 7.20. The summed E-state index contributed by atoms with van der Waals surface area (Å²) in [5.41, 5.74) is -0.521. The van der Waals surface area contributed by atoms with Gasteiger partial charge in [0.2, 0.25) is 0 Å². The average molecular weight is 249 g/mol. The molecule has 72 valence electrons. The lowest BCUT2D eigenvalue weighted by Gasteiger charge is -1.89. The predicted octanol–water partition coefficient (Wildman–Crippen LogP) is 2.07. The third-order valence-corrected chi connectivity index (χ3v) is 1.64. The zero-order chi connectivity index (χ0) is 10.4. The fourth-order valence-corrected chi connectivity index (χ4v) is 0.900. The monoisotopic (exact) mass is 248 g/mol. The number of aromatic amines is 1. The molecule has 0 saturated carbocycles. The Labute approximate surface area is 83.1 Å². The molecule has 0 aliphatic carbocycles. The first-order valence-corrected chi connectivity index (χ1v) is 4.43. The Hall–Kier alpha value is -1.17. The molecule has 1 heterocycles. The summed E-state index contributed by atoms with van der Waals surface area (Å²) in [4.78, 5) is 22.4. The van der Waals surface area contributed by atoms with E-state index < -0.39 is 4.92 Å². The molecule has 1 N–H and O–H groups in total. The first kappa shape index (κ1) is 11.8. The highest BCUT2D eigenvalue weighted by atomic mass is 79.9. The van der Waals surface area contributed by atoms with Gasteiger partial charge in [0.15, 0.2) is 0 Å². The van der Waals surface area contributed by atoms with Crippen LogP contribution in [0.15, 0.2) is 21.5 Å². The van der Waals surface area contributed by atoms with E-state index in [1.165, 1.54) is 0 Å². The summed E-state index contributed by atoms with van der Waals surface area (Å²) in [5.74, 6) is 0. The van der Waals surface area contributed by atoms with Crippen LogP contribution in [0.3, 0.4) is 0 Å². The summed E-state index contributed by atoms with van der Waals surface area (Å²) in [5, 5.41) is 10.1. The van der Waals surface area contributed by atoms with Crippen LogP contribution in [0, 0.1) is 10.1 Å². The van der Waals surface area contributed by atoms with Gasteiger partial charge in [-0.05, 0) is 15.9 Å². The van der Waals surface area contributed by atoms with E-state index in [1.807, 2.05) is 13.8 Å². The fraction of sp³-hybridized carbons (Fsp3) is 0.286. The van der Waals surface area contributed by atoms with E-state index in [4.69, 9.17) is 0 Å². The van der Waals surface area contributed by atoms with Gasteiger partial charge in [-0.15, -0.1) is 0 Å². The molecule has 1 aromatic heterocycles. The van der Waals surface area contributed by atoms with Gasteiger partial charge in [-0.2, -0.15) is 0 Å². The van der Waals surface area contributed by atoms with Crippen LogP contribution in [0.4, 0.5) is 5.69 Å². The normalized spacial score (nSPS) is 8.54. The van der Waals surface area contributed by atoms with Crippen LogP contribution in [-0.2, 0) is 0 Å². The molecule has 6 heteroatoms. The van der Waals surface area contributed by atoms with Gasteiger partial charge in [0.1, 0.15) is 0 Å². The fourth-order valence-electron chi connectivity index (χ4n) is 0.551. The summed E-state index contributed by atoms with van der Waals surface area (Å²) in [6, 6.07) is 1.15. The third-order valence-electron chi connectivity index (χ3n) is 1.05. The molecule has 13 heavy (non-hydrogen) atoms. The van der Waals surface area contributed by atoms with E-state index in [-0.39, 0.29) is 15.7 Å². The molecule has 0 aliphatic heterocycles. The molecular weight excluding hydrogens is 240 g/mol. The summed E-state index contributed by atoms with van der Waals surface area (Å²) in [7, 11) is 0. The average Bonchev–Trinajstić information content (AvgIpc) is 2.13. The van der Waals surface area contributed by atoms with Crippen molar-refractivity contribution in [1.82, 2.24) is 4.98 Å². The van der Waals surface area contributed by atoms with E-state index >= 15 is 0 Å². The number of nitro groups is 1. The predicted molar refractivity (Wildman–Crippen MR) is 52.8 cm³/mol. The number of nitrogens with zero attached hydrogens (tertiary/aromatic N) is 1. The Balaban J connectivity index is 0.000000671. The van der Waals surface area contributed by atoms with Crippen LogP contribution in [0.5, 0.6) is 0 Å². The molecule has 1 rings (SSSR count). The topological polar surface area (TPSA) is 76.0 Å². The Morgan fingerprint density at radius 1 is 1.54 bits per heavy atom. The SMILES string of the molecule is CC.O=c1[nH]cc([N+](=O)[O-])cc1Br. The second-order valence-corrected chi connectivity index (χ2v) is 2.65. The maximum atomic E-state index is 10.7. The molecule has 0 saturated heterocycles. The van der Waals surface area contributed by atoms with E-state index in [2.05, 4.69) is 20.9 Å². The van der Waals surface area contributed by atoms with Gasteiger partial charge >= 0.3 is 0 Å². The van der Waals surface area contributed by atoms with Crippen molar-refractivity contribution < 1.29 is 4.92 Å². The number of halogens is 1. The number of aromatic nitrogens is 1. The first-order valence-electron chi connectivity index (χ1n) is 3.64. The highest BCUT2D eigenvalue weighted by Gasteiger charge is 2.06. The van der Waals surface area contributed by atoms with Crippen LogP contribution in [0.2, 0.25) is 0 Å². The van der Waals surface area contributed by atoms with Crippen molar-refractivity contribution >= 4 is 21.6 Å². The molecule has 0 atom stereocenters. The summed E-state index contributed by atoms with van der Waals surface area (Å²) in [6.45, 7) is 4.00. The standard InChI is InChI=1S/C5H3BrN2O3.C2H6/c6-4-1-3(8(10)11)2-7-5(4)9;1-2/h1-2H,(H,7,9);1-2H3. The van der Waals surface area contributed by atoms with Crippen LogP contribution in [0.1, 0.15) is 13.8 Å². The summed E-state index contributed by atoms with van der Waals surface area (Å²) >= 11 is 2.87. The minimum atomic E-state index is -0.583. The minimum Gasteiger partial charge on any atom is -0.322 e. The largest absolute Gasteiger partial charge is 0.322 e. The second kappa shape index (κ2) is 5.47. The Morgan fingerprint density at radius 3 is 2.46 bits per heavy atom. The van der Waals surface area contributed by atoms with Crippen molar-refractivity contribution in [3.05, 3.63) is 37.2 Å². The highest BCUT2D eigenvalue weighted by Crippen LogP contribution is 2.11. The molecule has 0 radical (unpaired) electrons. The number of nitrogens with one attached hydrogen (secondary N) is 1. The van der Waals surface area contributed by atoms with Crippen LogP contribution >= 0.6 is 15.9 Å². The van der Waals surface area contributed by atoms with Crippen molar-refractivity contribution in [2.24, 2.45) is 0 Å². The lowest BCUT2D eigenvalue weighted by atomic mass is 10.4. The molecule has 0 aliphatic rings. The van der Waals surface area contributed by atoms with Gasteiger partial charge in [-0.3, -0.25) is 14.9 Å². The molecule has 0 bridgehead atoms. The maximum Gasteiger partial charge on any atom is 0.286 e. The number of rotatable bonds is 1. The molecule has 0 unspecified atom stereocenters. The molecule has 0 fully saturated rings. The maximum absolute atomic E-state index is 10.7. The Kier molecular flexibility index (Phi) is 4.98. The van der Waals surface area contributed by atoms with Crippen LogP contribution < -0.4 is 5.56 Å². The van der Waals surface area contributed by atoms with E-state index in [1.54, 1.807) is 0 Å². The highest BCUT2D eigenvalue weighted by molar-refractivity contribution is 9.10. The molecule has 5 nitrogen and oxygen atoms in total. The number of hydrogen-bond acceptors (Lipinski definition) is 3. The van der Waals surface area contributed by atoms with Gasteiger partial charge in [0.25, 0.3) is 11.2 Å². The molecule has 0 spiro atoms. The van der Waals surface area contributed by atoms with E-state index in [0.717, 1.165) is 12.3 Å². The molecule has 0 amide bonds. The Bertz CT molecular complexity index is 348. The minimum absolute atomic E-state index is 0.142. The van der Waals surface area contributed by atoms with Crippen molar-refractivity contribution in [1.29, 1.82) is 0 Å². The van der Waals surface area contributed by atoms with Crippen molar-refractivity contribution in [3.8, 4) is 0 Å². The van der Waals surface area contributed by atoms with Gasteiger partial charge in [-0.25, -0.2) is 0 Å². The quantitative estimate of drug-likeness (QED) is 0.611. The van der Waals surface area contributed by atoms with E-state index in [0.29, 0.717) is 0 Å². The van der Waals surface area contributed by atoms with Crippen LogP contribution in [0.25, 0.3) is 0 Å². The summed E-state index contributed by atoms with van der Waals surface area (Å²) < 4.78 is 0.159. The number of H-pyrrole nitrogens is 1. The zero-order valence-corrected chi connectivity index (χ0v) is 8.79. The smallest absolute Gasteiger partial charge is 0.286 e. The molecule has 0 aromatic carbocycles. The van der Waals surface area contributed by atoms with Crippen molar-refractivity contribution in [3.63, 3.8) is 0 Å². The number of pyridine rings is 1. The summed E-state index contributed by atoms with van der Waals surface area (Å²) in [6.07, 6.45) is 1.05. The molecular formula is C7H9BrN2O3. The Morgan fingerprint density at radius 2 is 2.08 bits per heavy atom. The van der Waals surface area contributed by atoms with Gasteiger partial charge in [0, 0.05) is 6.07 Å². The molecule has 1 aromatic rings. The van der Waals surface area contributed by atoms with Crippen molar-refractivity contribution in [2.75, 3.05) is 0 Å². The van der Waals surface area contributed by atoms with Gasteiger partial charge in [0.05, 0.1) is 15.6 Å². The lowest BCUT2D eigenvalue weighted by molar-refractivity contribution is -0.385. The van der Waals surface area contributed by atoms with Gasteiger partial charge in [-0.1, -0.05) is 13.8 Å². The van der Waals surface area contributed by atoms with E-state index in [9.17, 15) is 14.9 Å². The number of hydrogen-bond donors (Lipinski definition) is 1. The third kappa shape index (κ3) is 3.37. The van der Waals surface area contributed by atoms with Crippen molar-refractivity contribution in [2.45, 2.75) is 13.8 Å². The van der Waals surface area contributed by atoms with Gasteiger partial charge < -0.3 is 4.98 Å².